The van der Waals surface area contributed by atoms with Crippen LogP contribution in [0.2, 0.25) is 0 Å². The normalized spacial score (nSPS) is 30.6. The Balaban J connectivity index is 2.63. The van der Waals surface area contributed by atoms with Crippen LogP contribution >= 0.6 is 26.4 Å². The van der Waals surface area contributed by atoms with Crippen LogP contribution in [0.1, 0.15) is 46.2 Å². The minimum absolute atomic E-state index is 0.275. The number of alkyl halides is 1. The third-order valence-electron chi connectivity index (χ3n) is 4.95. The van der Waals surface area contributed by atoms with E-state index >= 15 is 0 Å². The molecule has 11 heteroatoms. The van der Waals surface area contributed by atoms with Gasteiger partial charge in [0.25, 0.3) is 0 Å². The van der Waals surface area contributed by atoms with Gasteiger partial charge in [-0.15, -0.1) is 4.72 Å². The summed E-state index contributed by atoms with van der Waals surface area (Å²) in [6.07, 6.45) is 1.09. The number of hydrogen-bond acceptors (Lipinski definition) is 6. The first-order chi connectivity index (χ1) is 13.3. The minimum atomic E-state index is -2.94. The summed E-state index contributed by atoms with van der Waals surface area (Å²) in [5.41, 5.74) is -2.18. The van der Waals surface area contributed by atoms with E-state index in [1.54, 1.807) is 27.7 Å². The number of nitrogens with one attached hydrogen (secondary N) is 2. The zero-order chi connectivity index (χ0) is 22.1. The summed E-state index contributed by atoms with van der Waals surface area (Å²) in [5, 5.41) is 9.74. The number of nitriles is 1. The van der Waals surface area contributed by atoms with Crippen LogP contribution in [0.3, 0.4) is 0 Å². The molecule has 2 heterocycles. The average molecular weight is 513 g/mol. The van der Waals surface area contributed by atoms with E-state index < -0.39 is 49.4 Å². The van der Waals surface area contributed by atoms with Gasteiger partial charge in [-0.3, -0.25) is 4.72 Å². The van der Waals surface area contributed by atoms with E-state index in [4.69, 9.17) is 0 Å². The molecule has 0 aromatic carbocycles. The van der Waals surface area contributed by atoms with Crippen LogP contribution in [-0.4, -0.2) is 42.6 Å². The number of rotatable bonds is 6. The Bertz CT molecular complexity index is 794. The van der Waals surface area contributed by atoms with Crippen LogP contribution in [0.4, 0.5) is 8.78 Å². The predicted molar refractivity (Wildman–Crippen MR) is 117 cm³/mol. The number of hydrogen-bond donors (Lipinski definition) is 3. The smallest absolute Gasteiger partial charge is 0.147 e. The van der Waals surface area contributed by atoms with E-state index in [1.807, 2.05) is 0 Å². The molecule has 3 N–H and O–H groups in total. The lowest BCUT2D eigenvalue weighted by molar-refractivity contribution is 0.288. The van der Waals surface area contributed by atoms with Crippen molar-refractivity contribution in [2.45, 2.75) is 55.6 Å². The molecule has 6 nitrogen and oxygen atoms in total. The fourth-order valence-electron chi connectivity index (χ4n) is 3.05. The van der Waals surface area contributed by atoms with Gasteiger partial charge in [0, 0.05) is 23.7 Å². The zero-order valence-electron chi connectivity index (χ0n) is 16.9. The number of halogens is 3. The lowest BCUT2D eigenvalue weighted by atomic mass is 9.99. The maximum Gasteiger partial charge on any atom is 0.147 e. The second kappa shape index (κ2) is 8.94. The Morgan fingerprint density at radius 2 is 2.17 bits per heavy atom. The molecule has 0 saturated carbocycles. The first-order valence-electron chi connectivity index (χ1n) is 9.10. The summed E-state index contributed by atoms with van der Waals surface area (Å²) in [5.74, 6) is -1.15. The molecule has 1 fully saturated rings. The van der Waals surface area contributed by atoms with E-state index in [2.05, 4.69) is 36.4 Å². The summed E-state index contributed by atoms with van der Waals surface area (Å²) in [6, 6.07) is 4.67. The standard InChI is InChI=1S/C18H27BrF2N4O2S2/c1-16(2,3)28(26)25-18(10-20,15-13(21)6-7-14(19)24-15)12-29(27)17(4,11-22)8-5-9-23-29/h6-7,23,25,27H,5,8-10,12H2,1-4H3/t17-,18+,28?/m1/s1. The Labute approximate surface area is 184 Å². The predicted octanol–water partition coefficient (Wildman–Crippen LogP) is 4.06. The van der Waals surface area contributed by atoms with Crippen molar-refractivity contribution in [2.75, 3.05) is 19.0 Å². The first-order valence-corrected chi connectivity index (χ1v) is 12.8. The second-order valence-corrected chi connectivity index (χ2v) is 14.0. The molecule has 1 aromatic heterocycles. The molecular weight excluding hydrogens is 486 g/mol. The molecule has 2 unspecified atom stereocenters. The summed E-state index contributed by atoms with van der Waals surface area (Å²) < 4.78 is 57.9. The summed E-state index contributed by atoms with van der Waals surface area (Å²) in [7, 11) is -2.94. The highest BCUT2D eigenvalue weighted by atomic mass is 79.9. The van der Waals surface area contributed by atoms with E-state index in [-0.39, 0.29) is 16.0 Å². The number of pyridine rings is 1. The highest BCUT2D eigenvalue weighted by Gasteiger charge is 2.54. The second-order valence-electron chi connectivity index (χ2n) is 8.35. The van der Waals surface area contributed by atoms with E-state index in [0.29, 0.717) is 19.4 Å². The molecule has 1 aromatic rings. The van der Waals surface area contributed by atoms with Gasteiger partial charge in [0.2, 0.25) is 0 Å². The zero-order valence-corrected chi connectivity index (χ0v) is 20.1. The molecule has 0 aliphatic carbocycles. The van der Waals surface area contributed by atoms with Crippen LogP contribution in [0.15, 0.2) is 16.7 Å². The topological polar surface area (TPSA) is 104 Å². The monoisotopic (exact) mass is 512 g/mol. The van der Waals surface area contributed by atoms with Gasteiger partial charge in [-0.1, -0.05) is 10.5 Å². The molecule has 1 aliphatic heterocycles. The Hall–Kier alpha value is -0.480. The van der Waals surface area contributed by atoms with Crippen molar-refractivity contribution in [2.24, 2.45) is 0 Å². The molecular formula is C18H27BrF2N4O2S2. The molecule has 164 valence electrons. The molecule has 1 aliphatic rings. The summed E-state index contributed by atoms with van der Waals surface area (Å²) in [4.78, 5) is 4.12. The third-order valence-corrected chi connectivity index (χ3v) is 10.5. The van der Waals surface area contributed by atoms with Gasteiger partial charge in [-0.2, -0.15) is 5.26 Å². The summed E-state index contributed by atoms with van der Waals surface area (Å²) in [6.45, 7) is 5.98. The van der Waals surface area contributed by atoms with Gasteiger partial charge in [0.05, 0.1) is 6.07 Å². The maximum atomic E-state index is 14.8. The number of nitrogens with zero attached hydrogens (tertiary/aromatic N) is 2. The summed E-state index contributed by atoms with van der Waals surface area (Å²) >= 11 is 1.38. The van der Waals surface area contributed by atoms with E-state index in [1.165, 1.54) is 6.07 Å². The molecule has 4 atom stereocenters. The number of aromatic nitrogens is 1. The minimum Gasteiger partial charge on any atom is -0.598 e. The van der Waals surface area contributed by atoms with Gasteiger partial charge >= 0.3 is 0 Å². The van der Waals surface area contributed by atoms with Gasteiger partial charge in [0.15, 0.2) is 0 Å². The van der Waals surface area contributed by atoms with Gasteiger partial charge in [-0.05, 0) is 68.6 Å². The molecule has 1 saturated heterocycles. The molecule has 29 heavy (non-hydrogen) atoms. The fraction of sp³-hybridized carbons (Fsp3) is 0.667. The van der Waals surface area contributed by atoms with Gasteiger partial charge < -0.3 is 9.11 Å². The average Bonchev–Trinajstić information content (AvgIpc) is 2.65. The molecule has 0 radical (unpaired) electrons. The molecule has 0 spiro atoms. The van der Waals surface area contributed by atoms with Crippen LogP contribution < -0.4 is 9.44 Å². The fourth-order valence-corrected chi connectivity index (χ4v) is 7.19. The highest BCUT2D eigenvalue weighted by Crippen LogP contribution is 2.59. The van der Waals surface area contributed by atoms with Crippen molar-refractivity contribution < 1.29 is 17.9 Å². The van der Waals surface area contributed by atoms with E-state index in [0.717, 1.165) is 6.07 Å². The van der Waals surface area contributed by atoms with Gasteiger partial charge in [-0.25, -0.2) is 13.8 Å². The third kappa shape index (κ3) is 5.06. The maximum absolute atomic E-state index is 14.8. The van der Waals surface area contributed by atoms with Crippen molar-refractivity contribution in [1.82, 2.24) is 14.4 Å². The van der Waals surface area contributed by atoms with Crippen LogP contribution in [0, 0.1) is 17.1 Å². The van der Waals surface area contributed by atoms with Crippen molar-refractivity contribution in [3.63, 3.8) is 0 Å². The lowest BCUT2D eigenvalue weighted by Crippen LogP contribution is -2.59. The molecule has 0 bridgehead atoms. The van der Waals surface area contributed by atoms with Gasteiger partial charge in [0.1, 0.15) is 37.8 Å². The Morgan fingerprint density at radius 3 is 2.72 bits per heavy atom. The van der Waals surface area contributed by atoms with Crippen LogP contribution in [0.5, 0.6) is 0 Å². The van der Waals surface area contributed by atoms with Crippen molar-refractivity contribution in [3.8, 4) is 6.07 Å². The molecule has 0 amide bonds. The molecule has 2 rings (SSSR count). The van der Waals surface area contributed by atoms with Crippen molar-refractivity contribution >= 4 is 37.8 Å². The lowest BCUT2D eigenvalue weighted by Gasteiger charge is -2.52. The quantitative estimate of drug-likeness (QED) is 0.392. The highest BCUT2D eigenvalue weighted by molar-refractivity contribution is 9.10. The van der Waals surface area contributed by atoms with E-state index in [9.17, 15) is 23.1 Å². The Morgan fingerprint density at radius 1 is 1.52 bits per heavy atom. The van der Waals surface area contributed by atoms with Crippen LogP contribution in [-0.2, 0) is 16.9 Å². The van der Waals surface area contributed by atoms with Crippen molar-refractivity contribution in [1.29, 1.82) is 5.26 Å². The van der Waals surface area contributed by atoms with Crippen molar-refractivity contribution in [3.05, 3.63) is 28.2 Å². The SMILES string of the molecule is CC(C)(C)[S+]([O-])N[C@@](CF)(CS1(O)NCCC[C@]1(C)C#N)c1nc(Br)ccc1F. The largest absolute Gasteiger partial charge is 0.598 e. The van der Waals surface area contributed by atoms with Crippen LogP contribution in [0.25, 0.3) is 0 Å². The Kier molecular flexibility index (Phi) is 7.64. The first kappa shape index (κ1) is 24.8.